The lowest BCUT2D eigenvalue weighted by Crippen LogP contribution is -2.36. The molecule has 0 atom stereocenters. The first-order valence-electron chi connectivity index (χ1n) is 8.67. The van der Waals surface area contributed by atoms with Crippen molar-refractivity contribution in [3.63, 3.8) is 0 Å². The zero-order valence-corrected chi connectivity index (χ0v) is 16.9. The van der Waals surface area contributed by atoms with Crippen molar-refractivity contribution in [1.29, 1.82) is 0 Å². The number of rotatable bonds is 8. The van der Waals surface area contributed by atoms with Crippen molar-refractivity contribution in [2.24, 2.45) is 4.99 Å². The van der Waals surface area contributed by atoms with E-state index < -0.39 is 0 Å². The first kappa shape index (κ1) is 20.7. The average Bonchev–Trinajstić information content (AvgIpc) is 2.70. The van der Waals surface area contributed by atoms with Gasteiger partial charge in [-0.3, -0.25) is 4.99 Å². The predicted molar refractivity (Wildman–Crippen MR) is 109 cm³/mol. The Hall–Kier alpha value is -2.60. The molecule has 0 spiro atoms. The number of guanidine groups is 1. The fourth-order valence-corrected chi connectivity index (χ4v) is 2.78. The summed E-state index contributed by atoms with van der Waals surface area (Å²) in [7, 11) is 4.98. The van der Waals surface area contributed by atoms with Crippen LogP contribution in [0.1, 0.15) is 18.1 Å². The van der Waals surface area contributed by atoms with Crippen LogP contribution in [0.15, 0.2) is 41.4 Å². The van der Waals surface area contributed by atoms with Crippen LogP contribution < -0.4 is 24.8 Å². The SMILES string of the molecule is CCOc1c(Cl)cc(CNC(=NC)NCc2ccc(OC)cc2)cc1OC. The fourth-order valence-electron chi connectivity index (χ4n) is 2.50. The maximum atomic E-state index is 6.32. The van der Waals surface area contributed by atoms with Crippen LogP contribution in [0.3, 0.4) is 0 Å². The normalized spacial score (nSPS) is 11.1. The quantitative estimate of drug-likeness (QED) is 0.531. The molecular formula is C20H26ClN3O3. The van der Waals surface area contributed by atoms with E-state index in [1.54, 1.807) is 21.3 Å². The fraction of sp³-hybridized carbons (Fsp3) is 0.350. The van der Waals surface area contributed by atoms with Crippen LogP contribution in [0.2, 0.25) is 5.02 Å². The number of halogens is 1. The van der Waals surface area contributed by atoms with Crippen LogP contribution in [0.25, 0.3) is 0 Å². The van der Waals surface area contributed by atoms with Gasteiger partial charge in [-0.1, -0.05) is 23.7 Å². The largest absolute Gasteiger partial charge is 0.497 e. The van der Waals surface area contributed by atoms with Gasteiger partial charge in [-0.2, -0.15) is 0 Å². The number of ether oxygens (including phenoxy) is 3. The van der Waals surface area contributed by atoms with E-state index >= 15 is 0 Å². The van der Waals surface area contributed by atoms with Gasteiger partial charge in [-0.05, 0) is 42.3 Å². The summed E-state index contributed by atoms with van der Waals surface area (Å²) in [6.07, 6.45) is 0. The summed E-state index contributed by atoms with van der Waals surface area (Å²) in [6, 6.07) is 11.6. The maximum absolute atomic E-state index is 6.32. The third kappa shape index (κ3) is 5.96. The second kappa shape index (κ2) is 10.5. The first-order chi connectivity index (χ1) is 13.1. The maximum Gasteiger partial charge on any atom is 0.191 e. The molecule has 27 heavy (non-hydrogen) atoms. The van der Waals surface area contributed by atoms with Crippen molar-refractivity contribution in [3.8, 4) is 17.2 Å². The lowest BCUT2D eigenvalue weighted by atomic mass is 10.2. The van der Waals surface area contributed by atoms with Crippen LogP contribution in [0.5, 0.6) is 17.2 Å². The second-order valence-electron chi connectivity index (χ2n) is 5.67. The molecule has 0 fully saturated rings. The third-order valence-corrected chi connectivity index (χ3v) is 4.16. The highest BCUT2D eigenvalue weighted by molar-refractivity contribution is 6.32. The minimum atomic E-state index is 0.522. The van der Waals surface area contributed by atoms with Gasteiger partial charge in [-0.15, -0.1) is 0 Å². The van der Waals surface area contributed by atoms with Crippen LogP contribution in [0, 0.1) is 0 Å². The average molecular weight is 392 g/mol. The summed E-state index contributed by atoms with van der Waals surface area (Å²) >= 11 is 6.32. The van der Waals surface area contributed by atoms with Gasteiger partial charge < -0.3 is 24.8 Å². The lowest BCUT2D eigenvalue weighted by Gasteiger charge is -2.15. The molecule has 2 aromatic carbocycles. The molecule has 0 saturated carbocycles. The van der Waals surface area contributed by atoms with Crippen molar-refractivity contribution >= 4 is 17.6 Å². The van der Waals surface area contributed by atoms with Gasteiger partial charge in [0.1, 0.15) is 5.75 Å². The summed E-state index contributed by atoms with van der Waals surface area (Å²) in [5, 5.41) is 7.07. The Morgan fingerprint density at radius 2 is 1.67 bits per heavy atom. The molecule has 0 unspecified atom stereocenters. The van der Waals surface area contributed by atoms with E-state index in [9.17, 15) is 0 Å². The Morgan fingerprint density at radius 3 is 2.22 bits per heavy atom. The Bertz CT molecular complexity index is 764. The molecule has 2 N–H and O–H groups in total. The summed E-state index contributed by atoms with van der Waals surface area (Å²) < 4.78 is 16.1. The van der Waals surface area contributed by atoms with E-state index in [2.05, 4.69) is 15.6 Å². The topological polar surface area (TPSA) is 64.1 Å². The van der Waals surface area contributed by atoms with Gasteiger partial charge in [0.15, 0.2) is 17.5 Å². The summed E-state index contributed by atoms with van der Waals surface area (Å²) in [4.78, 5) is 4.24. The van der Waals surface area contributed by atoms with E-state index in [0.29, 0.717) is 42.2 Å². The molecule has 0 amide bonds. The van der Waals surface area contributed by atoms with Crippen LogP contribution in [-0.4, -0.2) is 33.8 Å². The summed E-state index contributed by atoms with van der Waals surface area (Å²) in [6.45, 7) is 3.63. The van der Waals surface area contributed by atoms with E-state index in [4.69, 9.17) is 25.8 Å². The van der Waals surface area contributed by atoms with Crippen LogP contribution >= 0.6 is 11.6 Å². The van der Waals surface area contributed by atoms with E-state index in [1.165, 1.54) is 0 Å². The molecule has 146 valence electrons. The first-order valence-corrected chi connectivity index (χ1v) is 9.05. The van der Waals surface area contributed by atoms with Crippen molar-refractivity contribution < 1.29 is 14.2 Å². The van der Waals surface area contributed by atoms with Gasteiger partial charge in [0.2, 0.25) is 0 Å². The smallest absolute Gasteiger partial charge is 0.191 e. The monoisotopic (exact) mass is 391 g/mol. The number of hydrogen-bond donors (Lipinski definition) is 2. The van der Waals surface area contributed by atoms with Gasteiger partial charge in [0.25, 0.3) is 0 Å². The van der Waals surface area contributed by atoms with Gasteiger partial charge >= 0.3 is 0 Å². The molecule has 0 aliphatic carbocycles. The number of hydrogen-bond acceptors (Lipinski definition) is 4. The number of benzene rings is 2. The lowest BCUT2D eigenvalue weighted by molar-refractivity contribution is 0.311. The second-order valence-corrected chi connectivity index (χ2v) is 6.08. The molecule has 2 aromatic rings. The van der Waals surface area contributed by atoms with Gasteiger partial charge in [-0.25, -0.2) is 0 Å². The molecule has 0 radical (unpaired) electrons. The Morgan fingerprint density at radius 1 is 1.00 bits per heavy atom. The molecule has 0 aromatic heterocycles. The zero-order valence-electron chi connectivity index (χ0n) is 16.1. The van der Waals surface area contributed by atoms with Crippen molar-refractivity contribution in [1.82, 2.24) is 10.6 Å². The molecular weight excluding hydrogens is 366 g/mol. The number of methoxy groups -OCH3 is 2. The molecule has 6 nitrogen and oxygen atoms in total. The summed E-state index contributed by atoms with van der Waals surface area (Å²) in [5.74, 6) is 2.70. The molecule has 0 heterocycles. The number of aliphatic imine (C=N–C) groups is 1. The molecule has 0 bridgehead atoms. The molecule has 7 heteroatoms. The number of nitrogens with one attached hydrogen (secondary N) is 2. The Labute approximate surface area is 165 Å². The van der Waals surface area contributed by atoms with E-state index in [-0.39, 0.29) is 0 Å². The molecule has 0 aliphatic rings. The molecule has 2 rings (SSSR count). The van der Waals surface area contributed by atoms with Crippen molar-refractivity contribution in [2.45, 2.75) is 20.0 Å². The van der Waals surface area contributed by atoms with Crippen molar-refractivity contribution in [2.75, 3.05) is 27.9 Å². The van der Waals surface area contributed by atoms with Crippen LogP contribution in [-0.2, 0) is 13.1 Å². The molecule has 0 aliphatic heterocycles. The minimum absolute atomic E-state index is 0.522. The zero-order chi connectivity index (χ0) is 19.6. The minimum Gasteiger partial charge on any atom is -0.497 e. The van der Waals surface area contributed by atoms with E-state index in [0.717, 1.165) is 16.9 Å². The predicted octanol–water partition coefficient (Wildman–Crippen LogP) is 3.62. The highest BCUT2D eigenvalue weighted by Crippen LogP contribution is 2.36. The van der Waals surface area contributed by atoms with Crippen LogP contribution in [0.4, 0.5) is 0 Å². The van der Waals surface area contributed by atoms with Gasteiger partial charge in [0.05, 0.1) is 25.8 Å². The van der Waals surface area contributed by atoms with Crippen molar-refractivity contribution in [3.05, 3.63) is 52.5 Å². The highest BCUT2D eigenvalue weighted by atomic mass is 35.5. The number of nitrogens with zero attached hydrogens (tertiary/aromatic N) is 1. The van der Waals surface area contributed by atoms with E-state index in [1.807, 2.05) is 43.3 Å². The molecule has 0 saturated heterocycles. The van der Waals surface area contributed by atoms with Gasteiger partial charge in [0, 0.05) is 20.1 Å². The Balaban J connectivity index is 1.96. The standard InChI is InChI=1S/C20H26ClN3O3/c1-5-27-19-17(21)10-15(11-18(19)26-4)13-24-20(22-2)23-12-14-6-8-16(25-3)9-7-14/h6-11H,5,12-13H2,1-4H3,(H2,22,23,24). The Kier molecular flexibility index (Phi) is 8.07. The summed E-state index contributed by atoms with van der Waals surface area (Å²) in [5.41, 5.74) is 2.09. The highest BCUT2D eigenvalue weighted by Gasteiger charge is 2.12. The third-order valence-electron chi connectivity index (χ3n) is 3.88.